The van der Waals surface area contributed by atoms with Gasteiger partial charge in [-0.1, -0.05) is 0 Å². The molecule has 0 amide bonds. The molecule has 0 aliphatic rings. The molecular formula is CuInOZn. The third-order valence-corrected chi connectivity index (χ3v) is 0. The van der Waals surface area contributed by atoms with Gasteiger partial charge in [-0.25, -0.2) is 0 Å². The molecule has 0 spiro atoms. The van der Waals surface area contributed by atoms with E-state index >= 15 is 0 Å². The summed E-state index contributed by atoms with van der Waals surface area (Å²) < 4.78 is 8.38. The van der Waals surface area contributed by atoms with Gasteiger partial charge in [0.2, 0.25) is 0 Å². The molecule has 0 rings (SSSR count). The Kier molecular flexibility index (Phi) is 90.6. The Balaban J connectivity index is -0.00000000500. The molecule has 0 saturated heterocycles. The predicted octanol–water partition coefficient (Wildman–Crippen LogP) is -0.505. The van der Waals surface area contributed by atoms with Crippen LogP contribution >= 0.6 is 0 Å². The van der Waals surface area contributed by atoms with Gasteiger partial charge in [-0.05, 0) is 0 Å². The van der Waals surface area contributed by atoms with E-state index in [1.165, 1.54) is 0 Å². The molecule has 22 valence electrons. The molecule has 0 bridgehead atoms. The van der Waals surface area contributed by atoms with Gasteiger partial charge < -0.3 is 0 Å². The van der Waals surface area contributed by atoms with Crippen LogP contribution < -0.4 is 0 Å². The standard InChI is InChI=1S/Cu.In.O.Zn. The van der Waals surface area contributed by atoms with Gasteiger partial charge in [0.25, 0.3) is 0 Å². The van der Waals surface area contributed by atoms with Crippen LogP contribution in [0.5, 0.6) is 0 Å². The fraction of sp³-hybridized carbons (Fsp3) is 0. The quantitative estimate of drug-likeness (QED) is 0.536. The number of hydrogen-bond donors (Lipinski definition) is 0. The summed E-state index contributed by atoms with van der Waals surface area (Å²) in [7, 11) is 0. The van der Waals surface area contributed by atoms with E-state index in [1.54, 1.807) is 0 Å². The van der Waals surface area contributed by atoms with Crippen LogP contribution in [0.25, 0.3) is 0 Å². The molecule has 4 heteroatoms. The van der Waals surface area contributed by atoms with Crippen molar-refractivity contribution in [1.29, 1.82) is 0 Å². The summed E-state index contributed by atoms with van der Waals surface area (Å²) >= 11 is 0.100. The maximum Gasteiger partial charge on any atom is 0 e. The minimum Gasteiger partial charge on any atom is 0 e. The largest absolute Gasteiger partial charge is 0 e. The van der Waals surface area contributed by atoms with Crippen LogP contribution in [0.3, 0.4) is 0 Å². The Morgan fingerprint density at radius 1 is 1.25 bits per heavy atom. The maximum atomic E-state index is 8.38. The van der Waals surface area contributed by atoms with Gasteiger partial charge in [0.15, 0.2) is 0 Å². The molecule has 0 aliphatic carbocycles. The minimum absolute atomic E-state index is 0. The zero-order valence-electron chi connectivity index (χ0n) is 1.99. The first-order valence-corrected chi connectivity index (χ1v) is 1.58. The van der Waals surface area contributed by atoms with Crippen molar-refractivity contribution in [2.45, 2.75) is 0 Å². The SMILES string of the molecule is [Cu].[O]=[In].[Zn]. The van der Waals surface area contributed by atoms with Crippen molar-refractivity contribution >= 4 is 24.4 Å². The van der Waals surface area contributed by atoms with Gasteiger partial charge in [-0.2, -0.15) is 0 Å². The molecule has 0 atom stereocenters. The summed E-state index contributed by atoms with van der Waals surface area (Å²) in [5.74, 6) is 0. The molecule has 0 aromatic rings. The van der Waals surface area contributed by atoms with Crippen molar-refractivity contribution in [3.63, 3.8) is 0 Å². The Labute approximate surface area is 63.1 Å². The predicted molar refractivity (Wildman–Crippen MR) is 6.44 cm³/mol. The van der Waals surface area contributed by atoms with E-state index in [2.05, 4.69) is 0 Å². The van der Waals surface area contributed by atoms with Crippen LogP contribution in [0.1, 0.15) is 0 Å². The molecule has 0 heterocycles. The molecule has 0 aromatic heterocycles. The van der Waals surface area contributed by atoms with Crippen molar-refractivity contribution in [3.8, 4) is 0 Å². The Morgan fingerprint density at radius 3 is 1.25 bits per heavy atom. The zero-order chi connectivity index (χ0) is 2.00. The van der Waals surface area contributed by atoms with Gasteiger partial charge >= 0.3 is 27.2 Å². The second-order valence-corrected chi connectivity index (χ2v) is 0. The number of hydrogen-bond acceptors (Lipinski definition) is 1. The molecule has 4 heavy (non-hydrogen) atoms. The van der Waals surface area contributed by atoms with Crippen LogP contribution in [-0.2, 0) is 39.4 Å². The summed E-state index contributed by atoms with van der Waals surface area (Å²) in [5.41, 5.74) is 0. The first-order chi connectivity index (χ1) is 1.00. The van der Waals surface area contributed by atoms with Crippen LogP contribution in [0.15, 0.2) is 0 Å². The van der Waals surface area contributed by atoms with E-state index < -0.39 is 0 Å². The van der Waals surface area contributed by atoms with E-state index in [0.29, 0.717) is 0 Å². The van der Waals surface area contributed by atoms with E-state index in [9.17, 15) is 0 Å². The van der Waals surface area contributed by atoms with Crippen LogP contribution in [0.2, 0.25) is 0 Å². The van der Waals surface area contributed by atoms with E-state index in [-0.39, 0.29) is 60.9 Å². The molecule has 0 saturated carbocycles. The van der Waals surface area contributed by atoms with Crippen molar-refractivity contribution in [1.82, 2.24) is 0 Å². The molecule has 1 nitrogen and oxygen atoms in total. The molecular weight excluding hydrogens is 260 g/mol. The molecule has 0 aromatic carbocycles. The van der Waals surface area contributed by atoms with E-state index in [0.717, 1.165) is 0 Å². The van der Waals surface area contributed by atoms with Gasteiger partial charge in [0.1, 0.15) is 0 Å². The van der Waals surface area contributed by atoms with Crippen LogP contribution in [-0.4, -0.2) is 24.4 Å². The van der Waals surface area contributed by atoms with Crippen molar-refractivity contribution < 1.29 is 39.4 Å². The first kappa shape index (κ1) is 17.0. The number of rotatable bonds is 0. The van der Waals surface area contributed by atoms with Crippen molar-refractivity contribution in [3.05, 3.63) is 0 Å². The molecule has 0 aliphatic heterocycles. The van der Waals surface area contributed by atoms with Gasteiger partial charge in [-0.3, -0.25) is 0 Å². The molecule has 2 radical (unpaired) electrons. The second-order valence-electron chi connectivity index (χ2n) is 0. The fourth-order valence-electron chi connectivity index (χ4n) is 0. The maximum absolute atomic E-state index is 8.38. The third-order valence-electron chi connectivity index (χ3n) is 0. The van der Waals surface area contributed by atoms with Crippen molar-refractivity contribution in [2.24, 2.45) is 0 Å². The van der Waals surface area contributed by atoms with Gasteiger partial charge in [-0.15, -0.1) is 0 Å². The summed E-state index contributed by atoms with van der Waals surface area (Å²) in [6.45, 7) is 0. The summed E-state index contributed by atoms with van der Waals surface area (Å²) in [4.78, 5) is 0. The van der Waals surface area contributed by atoms with E-state index in [1.807, 2.05) is 0 Å². The molecule has 0 fully saturated rings. The monoisotopic (exact) mass is 258 g/mol. The zero-order valence-corrected chi connectivity index (χ0v) is 9.20. The average Bonchev–Trinajstić information content (AvgIpc) is 1.00. The molecule has 0 N–H and O–H groups in total. The van der Waals surface area contributed by atoms with Crippen molar-refractivity contribution in [2.75, 3.05) is 0 Å². The second kappa shape index (κ2) is 21.3. The van der Waals surface area contributed by atoms with Gasteiger partial charge in [0.05, 0.1) is 0 Å². The minimum atomic E-state index is 0. The smallest absolute Gasteiger partial charge is 0 e. The first-order valence-electron chi connectivity index (χ1n) is 0.236. The normalized spacial score (nSPS) is 0.750. The fourth-order valence-corrected chi connectivity index (χ4v) is 0. The Bertz CT molecular complexity index is 8.00. The molecule has 0 unspecified atom stereocenters. The van der Waals surface area contributed by atoms with Gasteiger partial charge in [0, 0.05) is 36.5 Å². The van der Waals surface area contributed by atoms with Crippen LogP contribution in [0.4, 0.5) is 0 Å². The Hall–Kier alpha value is 1.81. The Morgan fingerprint density at radius 2 is 1.25 bits per heavy atom. The topological polar surface area (TPSA) is 17.1 Å². The third kappa shape index (κ3) is 9.18. The summed E-state index contributed by atoms with van der Waals surface area (Å²) in [6.07, 6.45) is 0. The summed E-state index contributed by atoms with van der Waals surface area (Å²) in [6, 6.07) is 0. The van der Waals surface area contributed by atoms with E-state index in [4.69, 9.17) is 2.85 Å². The van der Waals surface area contributed by atoms with Crippen LogP contribution in [0, 0.1) is 0 Å². The average molecular weight is 260 g/mol. The summed E-state index contributed by atoms with van der Waals surface area (Å²) in [5, 5.41) is 0.